The van der Waals surface area contributed by atoms with Gasteiger partial charge in [-0.25, -0.2) is 0 Å². The number of halogens is 1. The summed E-state index contributed by atoms with van der Waals surface area (Å²) in [5.74, 6) is -0.182. The third kappa shape index (κ3) is 4.37. The standard InChI is InChI=1S/C16H16ClNO2/c17-15-9-5-4-8-14(15)16(19)18-10-11-20-12-13-6-2-1-3-7-13/h1-9H,10-12H2,(H,18,19). The van der Waals surface area contributed by atoms with Crippen molar-refractivity contribution in [1.29, 1.82) is 0 Å². The van der Waals surface area contributed by atoms with Crippen LogP contribution in [0.5, 0.6) is 0 Å². The van der Waals surface area contributed by atoms with Gasteiger partial charge in [0.25, 0.3) is 5.91 Å². The topological polar surface area (TPSA) is 38.3 Å². The van der Waals surface area contributed by atoms with Gasteiger partial charge < -0.3 is 10.1 Å². The first-order chi connectivity index (χ1) is 9.77. The Labute approximate surface area is 123 Å². The fourth-order valence-corrected chi connectivity index (χ4v) is 1.96. The number of hydrogen-bond donors (Lipinski definition) is 1. The lowest BCUT2D eigenvalue weighted by Crippen LogP contribution is -2.27. The summed E-state index contributed by atoms with van der Waals surface area (Å²) < 4.78 is 5.49. The van der Waals surface area contributed by atoms with Crippen LogP contribution in [0.2, 0.25) is 5.02 Å². The Bertz CT molecular complexity index is 557. The summed E-state index contributed by atoms with van der Waals surface area (Å²) >= 11 is 5.95. The predicted molar refractivity (Wildman–Crippen MR) is 79.9 cm³/mol. The van der Waals surface area contributed by atoms with E-state index in [1.807, 2.05) is 30.3 Å². The molecule has 0 spiro atoms. The quantitative estimate of drug-likeness (QED) is 0.829. The number of ether oxygens (including phenoxy) is 1. The van der Waals surface area contributed by atoms with E-state index in [9.17, 15) is 4.79 Å². The van der Waals surface area contributed by atoms with Crippen molar-refractivity contribution >= 4 is 17.5 Å². The highest BCUT2D eigenvalue weighted by Gasteiger charge is 2.08. The van der Waals surface area contributed by atoms with E-state index in [1.54, 1.807) is 24.3 Å². The fraction of sp³-hybridized carbons (Fsp3) is 0.188. The molecule has 0 aliphatic rings. The van der Waals surface area contributed by atoms with Crippen LogP contribution < -0.4 is 5.32 Å². The Kier molecular flexibility index (Phi) is 5.59. The molecule has 3 nitrogen and oxygen atoms in total. The number of carbonyl (C=O) groups is 1. The highest BCUT2D eigenvalue weighted by Crippen LogP contribution is 2.14. The summed E-state index contributed by atoms with van der Waals surface area (Å²) in [5.41, 5.74) is 1.60. The molecule has 0 aliphatic heterocycles. The van der Waals surface area contributed by atoms with E-state index in [0.29, 0.717) is 30.3 Å². The lowest BCUT2D eigenvalue weighted by atomic mass is 10.2. The molecule has 1 N–H and O–H groups in total. The van der Waals surface area contributed by atoms with E-state index in [-0.39, 0.29) is 5.91 Å². The minimum absolute atomic E-state index is 0.182. The fourth-order valence-electron chi connectivity index (χ4n) is 1.74. The predicted octanol–water partition coefficient (Wildman–Crippen LogP) is 3.29. The normalized spacial score (nSPS) is 10.2. The lowest BCUT2D eigenvalue weighted by Gasteiger charge is -2.07. The van der Waals surface area contributed by atoms with Crippen molar-refractivity contribution in [3.63, 3.8) is 0 Å². The number of carbonyl (C=O) groups excluding carboxylic acids is 1. The second kappa shape index (κ2) is 7.68. The molecule has 0 heterocycles. The van der Waals surface area contributed by atoms with Gasteiger partial charge in [0.05, 0.1) is 23.8 Å². The monoisotopic (exact) mass is 289 g/mol. The lowest BCUT2D eigenvalue weighted by molar-refractivity contribution is 0.0901. The highest BCUT2D eigenvalue weighted by molar-refractivity contribution is 6.33. The van der Waals surface area contributed by atoms with Crippen LogP contribution in [0, 0.1) is 0 Å². The van der Waals surface area contributed by atoms with Crippen molar-refractivity contribution in [1.82, 2.24) is 5.32 Å². The average molecular weight is 290 g/mol. The van der Waals surface area contributed by atoms with E-state index >= 15 is 0 Å². The van der Waals surface area contributed by atoms with Gasteiger partial charge in [0.1, 0.15) is 0 Å². The summed E-state index contributed by atoms with van der Waals surface area (Å²) in [5, 5.41) is 3.23. The molecule has 0 aromatic heterocycles. The molecular formula is C16H16ClNO2. The molecule has 2 rings (SSSR count). The summed E-state index contributed by atoms with van der Waals surface area (Å²) in [7, 11) is 0. The average Bonchev–Trinajstić information content (AvgIpc) is 2.48. The largest absolute Gasteiger partial charge is 0.375 e. The molecule has 0 radical (unpaired) electrons. The second-order valence-corrected chi connectivity index (χ2v) is 4.68. The van der Waals surface area contributed by atoms with E-state index in [1.165, 1.54) is 0 Å². The number of amides is 1. The molecule has 2 aromatic carbocycles. The number of hydrogen-bond acceptors (Lipinski definition) is 2. The van der Waals surface area contributed by atoms with Gasteiger partial charge in [0, 0.05) is 6.54 Å². The van der Waals surface area contributed by atoms with Gasteiger partial charge in [0.2, 0.25) is 0 Å². The summed E-state index contributed by atoms with van der Waals surface area (Å²) in [6, 6.07) is 16.9. The van der Waals surface area contributed by atoms with Gasteiger partial charge in [-0.1, -0.05) is 54.1 Å². The van der Waals surface area contributed by atoms with Crippen LogP contribution in [0.25, 0.3) is 0 Å². The number of rotatable bonds is 6. The Hall–Kier alpha value is -1.84. The smallest absolute Gasteiger partial charge is 0.252 e. The molecule has 0 fully saturated rings. The molecule has 1 amide bonds. The highest BCUT2D eigenvalue weighted by atomic mass is 35.5. The second-order valence-electron chi connectivity index (χ2n) is 4.27. The van der Waals surface area contributed by atoms with Gasteiger partial charge in [-0.05, 0) is 17.7 Å². The Morgan fingerprint density at radius 3 is 2.50 bits per heavy atom. The molecule has 0 aliphatic carbocycles. The van der Waals surface area contributed by atoms with Gasteiger partial charge in [-0.3, -0.25) is 4.79 Å². The van der Waals surface area contributed by atoms with E-state index in [2.05, 4.69) is 5.32 Å². The van der Waals surface area contributed by atoms with Gasteiger partial charge >= 0.3 is 0 Å². The number of benzene rings is 2. The molecule has 0 saturated heterocycles. The first-order valence-electron chi connectivity index (χ1n) is 6.42. The number of nitrogens with one attached hydrogen (secondary N) is 1. The van der Waals surface area contributed by atoms with Crippen molar-refractivity contribution in [2.24, 2.45) is 0 Å². The van der Waals surface area contributed by atoms with Crippen molar-refractivity contribution in [3.8, 4) is 0 Å². The van der Waals surface area contributed by atoms with Crippen LogP contribution in [-0.2, 0) is 11.3 Å². The van der Waals surface area contributed by atoms with Crippen LogP contribution in [-0.4, -0.2) is 19.1 Å². The maximum atomic E-state index is 11.8. The SMILES string of the molecule is O=C(NCCOCc1ccccc1)c1ccccc1Cl. The van der Waals surface area contributed by atoms with Gasteiger partial charge in [0.15, 0.2) is 0 Å². The van der Waals surface area contributed by atoms with Gasteiger partial charge in [-0.15, -0.1) is 0 Å². The van der Waals surface area contributed by atoms with E-state index < -0.39 is 0 Å². The molecule has 0 atom stereocenters. The molecule has 4 heteroatoms. The molecule has 2 aromatic rings. The molecular weight excluding hydrogens is 274 g/mol. The molecule has 104 valence electrons. The summed E-state index contributed by atoms with van der Waals surface area (Å²) in [6.45, 7) is 1.46. The zero-order chi connectivity index (χ0) is 14.2. The minimum atomic E-state index is -0.182. The Morgan fingerprint density at radius 1 is 1.05 bits per heavy atom. The molecule has 20 heavy (non-hydrogen) atoms. The third-order valence-electron chi connectivity index (χ3n) is 2.76. The summed E-state index contributed by atoms with van der Waals surface area (Å²) in [6.07, 6.45) is 0. The zero-order valence-corrected chi connectivity index (χ0v) is 11.8. The van der Waals surface area contributed by atoms with E-state index in [4.69, 9.17) is 16.3 Å². The van der Waals surface area contributed by atoms with Crippen molar-refractivity contribution in [2.45, 2.75) is 6.61 Å². The third-order valence-corrected chi connectivity index (χ3v) is 3.09. The molecule has 0 unspecified atom stereocenters. The maximum Gasteiger partial charge on any atom is 0.252 e. The van der Waals surface area contributed by atoms with Crippen LogP contribution in [0.15, 0.2) is 54.6 Å². The minimum Gasteiger partial charge on any atom is -0.375 e. The van der Waals surface area contributed by atoms with E-state index in [0.717, 1.165) is 5.56 Å². The van der Waals surface area contributed by atoms with Crippen molar-refractivity contribution in [2.75, 3.05) is 13.2 Å². The molecule has 0 bridgehead atoms. The van der Waals surface area contributed by atoms with Crippen LogP contribution >= 0.6 is 11.6 Å². The first kappa shape index (κ1) is 14.6. The summed E-state index contributed by atoms with van der Waals surface area (Å²) in [4.78, 5) is 11.8. The molecule has 0 saturated carbocycles. The maximum absolute atomic E-state index is 11.8. The first-order valence-corrected chi connectivity index (χ1v) is 6.79. The zero-order valence-electron chi connectivity index (χ0n) is 11.0. The van der Waals surface area contributed by atoms with Crippen molar-refractivity contribution < 1.29 is 9.53 Å². The van der Waals surface area contributed by atoms with Crippen LogP contribution in [0.1, 0.15) is 15.9 Å². The Morgan fingerprint density at radius 2 is 1.75 bits per heavy atom. The van der Waals surface area contributed by atoms with Crippen molar-refractivity contribution in [3.05, 3.63) is 70.7 Å². The van der Waals surface area contributed by atoms with Gasteiger partial charge in [-0.2, -0.15) is 0 Å². The van der Waals surface area contributed by atoms with Crippen LogP contribution in [0.4, 0.5) is 0 Å². The van der Waals surface area contributed by atoms with Crippen LogP contribution in [0.3, 0.4) is 0 Å². The Balaban J connectivity index is 1.69.